The van der Waals surface area contributed by atoms with E-state index in [1.807, 2.05) is 63.1 Å². The number of carbonyl (C=O) groups excluding carboxylic acids is 1. The van der Waals surface area contributed by atoms with Crippen molar-refractivity contribution in [3.05, 3.63) is 49.1 Å². The average Bonchev–Trinajstić information content (AvgIpc) is 3.11. The zero-order valence-electron chi connectivity index (χ0n) is 10.9. The van der Waals surface area contributed by atoms with Gasteiger partial charge in [0.25, 0.3) is 5.91 Å². The number of nitrogens with zero attached hydrogens (tertiary/aromatic N) is 3. The van der Waals surface area contributed by atoms with Gasteiger partial charge in [-0.1, -0.05) is 18.2 Å². The van der Waals surface area contributed by atoms with E-state index in [1.165, 1.54) is 0 Å². The summed E-state index contributed by atoms with van der Waals surface area (Å²) in [5, 5.41) is 0. The molecule has 3 rings (SSSR count). The Bertz CT molecular complexity index is 556. The Morgan fingerprint density at radius 2 is 1.89 bits per heavy atom. The van der Waals surface area contributed by atoms with Gasteiger partial charge in [0.05, 0.1) is 0 Å². The fourth-order valence-corrected chi connectivity index (χ4v) is 2.46. The number of carbonyl (C=O) groups is 1. The molecule has 2 heterocycles. The lowest BCUT2D eigenvalue weighted by atomic mass is 10.3. The van der Waals surface area contributed by atoms with Gasteiger partial charge in [-0.15, -0.1) is 0 Å². The molecular weight excluding hydrogens is 238 g/mol. The maximum absolute atomic E-state index is 12.1. The van der Waals surface area contributed by atoms with Crippen LogP contribution in [-0.4, -0.2) is 28.5 Å². The van der Waals surface area contributed by atoms with Crippen molar-refractivity contribution in [2.45, 2.75) is 19.4 Å². The number of para-hydroxylation sites is 1. The van der Waals surface area contributed by atoms with Crippen molar-refractivity contribution in [1.82, 2.24) is 9.47 Å². The molecule has 4 heteroatoms. The van der Waals surface area contributed by atoms with Gasteiger partial charge in [0, 0.05) is 13.1 Å². The van der Waals surface area contributed by atoms with Gasteiger partial charge < -0.3 is 4.90 Å². The number of rotatable bonds is 3. The van der Waals surface area contributed by atoms with Crippen molar-refractivity contribution in [3.8, 4) is 5.69 Å². The molecule has 0 aliphatic carbocycles. The smallest absolute Gasteiger partial charge is 0.264 e. The third-order valence-corrected chi connectivity index (χ3v) is 3.52. The number of hydrogen-bond acceptors (Lipinski definition) is 1. The SMILES string of the molecule is O=C(C[n+]1ccn(-c2ccccc2)c1)N1CCCC1. The molecule has 0 bridgehead atoms. The summed E-state index contributed by atoms with van der Waals surface area (Å²) in [4.78, 5) is 14.0. The van der Waals surface area contributed by atoms with Crippen LogP contribution in [0.15, 0.2) is 49.1 Å². The largest absolute Gasteiger partial charge is 0.339 e. The fourth-order valence-electron chi connectivity index (χ4n) is 2.46. The van der Waals surface area contributed by atoms with Crippen molar-refractivity contribution in [3.63, 3.8) is 0 Å². The van der Waals surface area contributed by atoms with E-state index in [9.17, 15) is 4.79 Å². The number of imidazole rings is 1. The molecule has 0 saturated carbocycles. The standard InChI is InChI=1S/C15H18N3O/c19-15(17-8-4-5-9-17)12-16-10-11-18(13-16)14-6-2-1-3-7-14/h1-3,6-7,10-11,13H,4-5,8-9,12H2/q+1. The quantitative estimate of drug-likeness (QED) is 0.763. The van der Waals surface area contributed by atoms with E-state index in [0.717, 1.165) is 31.6 Å². The Balaban J connectivity index is 1.70. The van der Waals surface area contributed by atoms with Crippen LogP contribution in [0.2, 0.25) is 0 Å². The molecule has 0 atom stereocenters. The molecule has 2 aromatic rings. The van der Waals surface area contributed by atoms with Crippen LogP contribution < -0.4 is 4.57 Å². The van der Waals surface area contributed by atoms with Crippen molar-refractivity contribution < 1.29 is 9.36 Å². The summed E-state index contributed by atoms with van der Waals surface area (Å²) in [6.07, 6.45) is 8.17. The van der Waals surface area contributed by atoms with Gasteiger partial charge in [0.2, 0.25) is 6.33 Å². The minimum Gasteiger partial charge on any atom is -0.339 e. The number of hydrogen-bond donors (Lipinski definition) is 0. The summed E-state index contributed by atoms with van der Waals surface area (Å²) in [6, 6.07) is 10.1. The highest BCUT2D eigenvalue weighted by molar-refractivity contribution is 5.74. The van der Waals surface area contributed by atoms with Crippen LogP contribution in [0, 0.1) is 0 Å². The first-order valence-corrected chi connectivity index (χ1v) is 6.73. The third-order valence-electron chi connectivity index (χ3n) is 3.52. The van der Waals surface area contributed by atoms with E-state index in [0.29, 0.717) is 6.54 Å². The molecule has 4 nitrogen and oxygen atoms in total. The maximum Gasteiger partial charge on any atom is 0.264 e. The number of benzene rings is 1. The van der Waals surface area contributed by atoms with E-state index >= 15 is 0 Å². The lowest BCUT2D eigenvalue weighted by molar-refractivity contribution is -0.684. The van der Waals surface area contributed by atoms with Gasteiger partial charge in [-0.2, -0.15) is 0 Å². The highest BCUT2D eigenvalue weighted by Crippen LogP contribution is 2.08. The van der Waals surface area contributed by atoms with Crippen molar-refractivity contribution in [2.24, 2.45) is 0 Å². The highest BCUT2D eigenvalue weighted by atomic mass is 16.2. The normalized spacial score (nSPS) is 14.8. The Labute approximate surface area is 112 Å². The first kappa shape index (κ1) is 12.0. The van der Waals surface area contributed by atoms with Crippen LogP contribution in [0.3, 0.4) is 0 Å². The monoisotopic (exact) mass is 256 g/mol. The first-order chi connectivity index (χ1) is 9.33. The van der Waals surface area contributed by atoms with Crippen LogP contribution in [0.4, 0.5) is 0 Å². The summed E-state index contributed by atoms with van der Waals surface area (Å²) in [7, 11) is 0. The zero-order valence-corrected chi connectivity index (χ0v) is 10.9. The summed E-state index contributed by atoms with van der Waals surface area (Å²) >= 11 is 0. The van der Waals surface area contributed by atoms with Crippen LogP contribution >= 0.6 is 0 Å². The molecule has 19 heavy (non-hydrogen) atoms. The zero-order chi connectivity index (χ0) is 13.1. The lowest BCUT2D eigenvalue weighted by Crippen LogP contribution is -2.42. The van der Waals surface area contributed by atoms with Crippen molar-refractivity contribution in [1.29, 1.82) is 0 Å². The summed E-state index contributed by atoms with van der Waals surface area (Å²) < 4.78 is 3.96. The van der Waals surface area contributed by atoms with Crippen LogP contribution in [0.1, 0.15) is 12.8 Å². The van der Waals surface area contributed by atoms with Gasteiger partial charge in [0.15, 0.2) is 6.54 Å². The molecule has 0 spiro atoms. The van der Waals surface area contributed by atoms with Crippen molar-refractivity contribution >= 4 is 5.91 Å². The second kappa shape index (κ2) is 5.26. The Morgan fingerprint density at radius 3 is 2.63 bits per heavy atom. The van der Waals surface area contributed by atoms with Gasteiger partial charge in [-0.25, -0.2) is 9.13 Å². The fraction of sp³-hybridized carbons (Fsp3) is 0.333. The molecular formula is C15H18N3O+. The van der Waals surface area contributed by atoms with Gasteiger partial charge in [0.1, 0.15) is 18.1 Å². The molecule has 0 unspecified atom stereocenters. The van der Waals surface area contributed by atoms with Crippen LogP contribution in [0.5, 0.6) is 0 Å². The first-order valence-electron chi connectivity index (χ1n) is 6.73. The predicted molar refractivity (Wildman–Crippen MR) is 71.8 cm³/mol. The average molecular weight is 256 g/mol. The highest BCUT2D eigenvalue weighted by Gasteiger charge is 2.20. The van der Waals surface area contributed by atoms with Crippen LogP contribution in [0.25, 0.3) is 5.69 Å². The third kappa shape index (κ3) is 2.67. The van der Waals surface area contributed by atoms with Gasteiger partial charge in [-0.05, 0) is 25.0 Å². The molecule has 0 N–H and O–H groups in total. The molecule has 1 aromatic heterocycles. The number of aromatic nitrogens is 2. The second-order valence-electron chi connectivity index (χ2n) is 4.92. The van der Waals surface area contributed by atoms with E-state index in [1.54, 1.807) is 0 Å². The molecule has 1 fully saturated rings. The van der Waals surface area contributed by atoms with Crippen molar-refractivity contribution in [2.75, 3.05) is 13.1 Å². The summed E-state index contributed by atoms with van der Waals surface area (Å²) in [5.41, 5.74) is 1.11. The molecule has 1 amide bonds. The minimum atomic E-state index is 0.216. The van der Waals surface area contributed by atoms with Crippen LogP contribution in [-0.2, 0) is 11.3 Å². The van der Waals surface area contributed by atoms with E-state index < -0.39 is 0 Å². The lowest BCUT2D eigenvalue weighted by Gasteiger charge is -2.13. The second-order valence-corrected chi connectivity index (χ2v) is 4.92. The Hall–Kier alpha value is -2.10. The molecule has 98 valence electrons. The predicted octanol–water partition coefficient (Wildman–Crippen LogP) is 1.39. The maximum atomic E-state index is 12.1. The summed E-state index contributed by atoms with van der Waals surface area (Å²) in [6.45, 7) is 2.26. The van der Waals surface area contributed by atoms with Gasteiger partial charge in [-0.3, -0.25) is 4.79 Å². The minimum absolute atomic E-state index is 0.216. The Kier molecular flexibility index (Phi) is 3.31. The summed E-state index contributed by atoms with van der Waals surface area (Å²) in [5.74, 6) is 0.216. The molecule has 1 saturated heterocycles. The van der Waals surface area contributed by atoms with Gasteiger partial charge >= 0.3 is 0 Å². The van der Waals surface area contributed by atoms with E-state index in [-0.39, 0.29) is 5.91 Å². The van der Waals surface area contributed by atoms with E-state index in [2.05, 4.69) is 0 Å². The molecule has 0 radical (unpaired) electrons. The number of likely N-dealkylation sites (tertiary alicyclic amines) is 1. The molecule has 1 aliphatic rings. The Morgan fingerprint density at radius 1 is 1.16 bits per heavy atom. The molecule has 1 aromatic carbocycles. The molecule has 1 aliphatic heterocycles. The topological polar surface area (TPSA) is 29.1 Å². The van der Waals surface area contributed by atoms with E-state index in [4.69, 9.17) is 0 Å². The number of amides is 1.